The third-order valence-electron chi connectivity index (χ3n) is 3.10. The molecule has 0 saturated carbocycles. The summed E-state index contributed by atoms with van der Waals surface area (Å²) in [5.74, 6) is 1.27. The van der Waals surface area contributed by atoms with Gasteiger partial charge in [0, 0.05) is 7.05 Å². The Hall–Kier alpha value is -2.48. The first kappa shape index (κ1) is 13.0. The SMILES string of the molecule is COc1ccccc1CCc1nn(C)c(N)c1C#N. The highest BCUT2D eigenvalue weighted by molar-refractivity contribution is 5.52. The van der Waals surface area contributed by atoms with Crippen LogP contribution in [-0.2, 0) is 19.9 Å². The van der Waals surface area contributed by atoms with Crippen LogP contribution in [0.2, 0.25) is 0 Å². The third kappa shape index (κ3) is 2.52. The highest BCUT2D eigenvalue weighted by Gasteiger charge is 2.13. The van der Waals surface area contributed by atoms with E-state index in [2.05, 4.69) is 11.2 Å². The summed E-state index contributed by atoms with van der Waals surface area (Å²) in [5, 5.41) is 13.4. The van der Waals surface area contributed by atoms with E-state index in [1.165, 1.54) is 4.68 Å². The van der Waals surface area contributed by atoms with Gasteiger partial charge >= 0.3 is 0 Å². The number of nitrogens with two attached hydrogens (primary N) is 1. The van der Waals surface area contributed by atoms with Gasteiger partial charge in [0.15, 0.2) is 0 Å². The topological polar surface area (TPSA) is 76.9 Å². The van der Waals surface area contributed by atoms with Crippen LogP contribution in [0.25, 0.3) is 0 Å². The van der Waals surface area contributed by atoms with Gasteiger partial charge in [-0.05, 0) is 24.5 Å². The van der Waals surface area contributed by atoms with Crippen molar-refractivity contribution in [1.82, 2.24) is 9.78 Å². The largest absolute Gasteiger partial charge is 0.496 e. The number of hydrogen-bond donors (Lipinski definition) is 1. The summed E-state index contributed by atoms with van der Waals surface area (Å²) in [6.45, 7) is 0. The van der Waals surface area contributed by atoms with Crippen molar-refractivity contribution in [3.63, 3.8) is 0 Å². The van der Waals surface area contributed by atoms with E-state index in [0.717, 1.165) is 23.4 Å². The van der Waals surface area contributed by atoms with Crippen molar-refractivity contribution in [2.45, 2.75) is 12.8 Å². The standard InChI is InChI=1S/C14H16N4O/c1-18-14(16)11(9-15)12(17-18)8-7-10-5-3-4-6-13(10)19-2/h3-6H,7-8,16H2,1-2H3. The summed E-state index contributed by atoms with van der Waals surface area (Å²) < 4.78 is 6.84. The zero-order valence-electron chi connectivity index (χ0n) is 11.1. The van der Waals surface area contributed by atoms with Crippen molar-refractivity contribution in [1.29, 1.82) is 5.26 Å². The van der Waals surface area contributed by atoms with Crippen LogP contribution in [0.4, 0.5) is 5.82 Å². The quantitative estimate of drug-likeness (QED) is 0.902. The van der Waals surface area contributed by atoms with E-state index >= 15 is 0 Å². The second-order valence-electron chi connectivity index (χ2n) is 4.25. The molecule has 0 spiro atoms. The summed E-state index contributed by atoms with van der Waals surface area (Å²) in [6, 6.07) is 9.95. The van der Waals surface area contributed by atoms with Gasteiger partial charge < -0.3 is 10.5 Å². The summed E-state index contributed by atoms with van der Waals surface area (Å²) >= 11 is 0. The Kier molecular flexibility index (Phi) is 3.71. The lowest BCUT2D eigenvalue weighted by Gasteiger charge is -2.06. The Labute approximate surface area is 112 Å². The average molecular weight is 256 g/mol. The molecule has 0 amide bonds. The number of methoxy groups -OCH3 is 1. The lowest BCUT2D eigenvalue weighted by Crippen LogP contribution is -1.98. The lowest BCUT2D eigenvalue weighted by atomic mass is 10.1. The molecule has 0 aliphatic carbocycles. The molecule has 0 aliphatic heterocycles. The van der Waals surface area contributed by atoms with E-state index in [4.69, 9.17) is 15.7 Å². The Morgan fingerprint density at radius 1 is 1.37 bits per heavy atom. The smallest absolute Gasteiger partial charge is 0.139 e. The minimum absolute atomic E-state index is 0.414. The number of hydrogen-bond acceptors (Lipinski definition) is 4. The number of nitrogens with zero attached hydrogens (tertiary/aromatic N) is 3. The van der Waals surface area contributed by atoms with Gasteiger partial charge in [-0.3, -0.25) is 4.68 Å². The first-order valence-corrected chi connectivity index (χ1v) is 6.00. The van der Waals surface area contributed by atoms with Gasteiger partial charge in [-0.25, -0.2) is 0 Å². The summed E-state index contributed by atoms with van der Waals surface area (Å²) in [4.78, 5) is 0. The zero-order valence-corrected chi connectivity index (χ0v) is 11.1. The van der Waals surface area contributed by atoms with Crippen molar-refractivity contribution in [3.8, 4) is 11.8 Å². The molecule has 1 aromatic carbocycles. The van der Waals surface area contributed by atoms with Crippen molar-refractivity contribution < 1.29 is 4.74 Å². The number of anilines is 1. The molecule has 0 radical (unpaired) electrons. The second kappa shape index (κ2) is 5.44. The molecule has 2 rings (SSSR count). The number of ether oxygens (including phenoxy) is 1. The number of aromatic nitrogens is 2. The predicted molar refractivity (Wildman–Crippen MR) is 72.7 cm³/mol. The van der Waals surface area contributed by atoms with Crippen LogP contribution < -0.4 is 10.5 Å². The third-order valence-corrected chi connectivity index (χ3v) is 3.10. The molecule has 98 valence electrons. The Bertz CT molecular complexity index is 625. The van der Waals surface area contributed by atoms with E-state index in [-0.39, 0.29) is 0 Å². The van der Waals surface area contributed by atoms with Gasteiger partial charge in [0.05, 0.1) is 12.8 Å². The molecule has 2 N–H and O–H groups in total. The van der Waals surface area contributed by atoms with Gasteiger partial charge in [0.1, 0.15) is 23.2 Å². The maximum atomic E-state index is 9.10. The second-order valence-corrected chi connectivity index (χ2v) is 4.25. The molecule has 0 bridgehead atoms. The minimum Gasteiger partial charge on any atom is -0.496 e. The van der Waals surface area contributed by atoms with Gasteiger partial charge in [-0.2, -0.15) is 10.4 Å². The van der Waals surface area contributed by atoms with E-state index in [9.17, 15) is 0 Å². The molecule has 0 saturated heterocycles. The van der Waals surface area contributed by atoms with E-state index in [1.54, 1.807) is 14.2 Å². The Balaban J connectivity index is 2.20. The number of para-hydroxylation sites is 1. The van der Waals surface area contributed by atoms with E-state index in [1.807, 2.05) is 24.3 Å². The Morgan fingerprint density at radius 2 is 2.11 bits per heavy atom. The summed E-state index contributed by atoms with van der Waals surface area (Å²) in [7, 11) is 3.39. The predicted octanol–water partition coefficient (Wildman–Crippen LogP) is 1.67. The summed E-state index contributed by atoms with van der Waals surface area (Å²) in [6.07, 6.45) is 1.42. The van der Waals surface area contributed by atoms with Crippen LogP contribution >= 0.6 is 0 Å². The fourth-order valence-electron chi connectivity index (χ4n) is 2.05. The van der Waals surface area contributed by atoms with Crippen LogP contribution in [0.5, 0.6) is 5.75 Å². The van der Waals surface area contributed by atoms with Gasteiger partial charge in [-0.1, -0.05) is 18.2 Å². The highest BCUT2D eigenvalue weighted by atomic mass is 16.5. The van der Waals surface area contributed by atoms with Crippen LogP contribution in [0.1, 0.15) is 16.8 Å². The normalized spacial score (nSPS) is 10.2. The molecular weight excluding hydrogens is 240 g/mol. The van der Waals surface area contributed by atoms with Crippen LogP contribution in [-0.4, -0.2) is 16.9 Å². The number of nitrogen functional groups attached to an aromatic ring is 1. The summed E-state index contributed by atoms with van der Waals surface area (Å²) in [5.41, 5.74) is 8.09. The van der Waals surface area contributed by atoms with Gasteiger partial charge in [0.2, 0.25) is 0 Å². The molecule has 0 unspecified atom stereocenters. The first-order chi connectivity index (χ1) is 9.17. The zero-order chi connectivity index (χ0) is 13.8. The molecule has 2 aromatic rings. The minimum atomic E-state index is 0.414. The van der Waals surface area contributed by atoms with Gasteiger partial charge in [0.25, 0.3) is 0 Å². The number of rotatable bonds is 4. The van der Waals surface area contributed by atoms with Crippen LogP contribution in [0.15, 0.2) is 24.3 Å². The lowest BCUT2D eigenvalue weighted by molar-refractivity contribution is 0.409. The van der Waals surface area contributed by atoms with Crippen molar-refractivity contribution in [2.75, 3.05) is 12.8 Å². The number of benzene rings is 1. The van der Waals surface area contributed by atoms with E-state index in [0.29, 0.717) is 17.8 Å². The monoisotopic (exact) mass is 256 g/mol. The van der Waals surface area contributed by atoms with Crippen molar-refractivity contribution in [2.24, 2.45) is 7.05 Å². The average Bonchev–Trinajstić information content (AvgIpc) is 2.71. The maximum absolute atomic E-state index is 9.10. The molecule has 5 heteroatoms. The molecular formula is C14H16N4O. The molecule has 1 aromatic heterocycles. The van der Waals surface area contributed by atoms with Crippen molar-refractivity contribution >= 4 is 5.82 Å². The molecule has 1 heterocycles. The Morgan fingerprint density at radius 3 is 2.79 bits per heavy atom. The highest BCUT2D eigenvalue weighted by Crippen LogP contribution is 2.21. The fourth-order valence-corrected chi connectivity index (χ4v) is 2.05. The molecule has 0 aliphatic rings. The molecule has 0 atom stereocenters. The molecule has 19 heavy (non-hydrogen) atoms. The van der Waals surface area contributed by atoms with Crippen LogP contribution in [0, 0.1) is 11.3 Å². The van der Waals surface area contributed by atoms with E-state index < -0.39 is 0 Å². The van der Waals surface area contributed by atoms with Crippen molar-refractivity contribution in [3.05, 3.63) is 41.1 Å². The number of nitriles is 1. The number of aryl methyl sites for hydroxylation is 3. The fraction of sp³-hybridized carbons (Fsp3) is 0.286. The van der Waals surface area contributed by atoms with Crippen LogP contribution in [0.3, 0.4) is 0 Å². The van der Waals surface area contributed by atoms with Gasteiger partial charge in [-0.15, -0.1) is 0 Å². The molecule has 5 nitrogen and oxygen atoms in total. The first-order valence-electron chi connectivity index (χ1n) is 6.00. The maximum Gasteiger partial charge on any atom is 0.139 e. The molecule has 0 fully saturated rings.